The van der Waals surface area contributed by atoms with Gasteiger partial charge in [0.25, 0.3) is 0 Å². The van der Waals surface area contributed by atoms with Gasteiger partial charge in [-0.3, -0.25) is 5.41 Å². The average Bonchev–Trinajstić information content (AvgIpc) is 2.12. The van der Waals surface area contributed by atoms with Gasteiger partial charge in [-0.25, -0.2) is 0 Å². The predicted octanol–water partition coefficient (Wildman–Crippen LogP) is 2.30. The Balaban J connectivity index is 2.03. The van der Waals surface area contributed by atoms with Gasteiger partial charge in [-0.15, -0.1) is 0 Å². The van der Waals surface area contributed by atoms with E-state index in [1.54, 1.807) is 0 Å². The van der Waals surface area contributed by atoms with Gasteiger partial charge in [-0.2, -0.15) is 0 Å². The van der Waals surface area contributed by atoms with Crippen LogP contribution in [0, 0.1) is 11.3 Å². The molecule has 0 saturated heterocycles. The van der Waals surface area contributed by atoms with Gasteiger partial charge in [0.1, 0.15) is 0 Å². The smallest absolute Gasteiger partial charge is 0.0906 e. The molecule has 1 fully saturated rings. The zero-order valence-electron chi connectivity index (χ0n) is 9.09. The average molecular weight is 198 g/mol. The Labute approximate surface area is 86.5 Å². The van der Waals surface area contributed by atoms with E-state index in [1.807, 2.05) is 0 Å². The Kier molecular flexibility index (Phi) is 4.94. The number of hydrogen-bond donors (Lipinski definition) is 2. The summed E-state index contributed by atoms with van der Waals surface area (Å²) in [7, 11) is 0. The molecule has 1 rings (SSSR count). The van der Waals surface area contributed by atoms with Crippen molar-refractivity contribution in [2.45, 2.75) is 51.6 Å². The molecule has 0 heterocycles. The molecule has 2 unspecified atom stereocenters. The van der Waals surface area contributed by atoms with E-state index < -0.39 is 0 Å². The van der Waals surface area contributed by atoms with Crippen LogP contribution in [0.15, 0.2) is 0 Å². The first-order chi connectivity index (χ1) is 6.68. The van der Waals surface area contributed by atoms with Crippen LogP contribution in [0.3, 0.4) is 0 Å². The highest BCUT2D eigenvalue weighted by molar-refractivity contribution is 5.76. The molecule has 3 nitrogen and oxygen atoms in total. The van der Waals surface area contributed by atoms with Crippen molar-refractivity contribution >= 4 is 5.84 Å². The number of amidine groups is 1. The molecule has 0 amide bonds. The standard InChI is InChI=1S/C11H22N2O/c1-9-4-2-5-10(8-9)14-7-3-6-11(12)13/h9-10H,2-8H2,1H3,(H3,12,13). The van der Waals surface area contributed by atoms with Crippen LogP contribution in [-0.4, -0.2) is 18.5 Å². The van der Waals surface area contributed by atoms with Crippen molar-refractivity contribution in [3.63, 3.8) is 0 Å². The van der Waals surface area contributed by atoms with Crippen molar-refractivity contribution < 1.29 is 4.74 Å². The molecular weight excluding hydrogens is 176 g/mol. The van der Waals surface area contributed by atoms with Crippen LogP contribution in [-0.2, 0) is 4.74 Å². The third-order valence-electron chi connectivity index (χ3n) is 2.83. The monoisotopic (exact) mass is 198 g/mol. The van der Waals surface area contributed by atoms with Gasteiger partial charge < -0.3 is 10.5 Å². The fraction of sp³-hybridized carbons (Fsp3) is 0.909. The van der Waals surface area contributed by atoms with Crippen molar-refractivity contribution in [2.24, 2.45) is 11.7 Å². The minimum atomic E-state index is 0.269. The highest BCUT2D eigenvalue weighted by Gasteiger charge is 2.18. The second kappa shape index (κ2) is 6.02. The molecule has 14 heavy (non-hydrogen) atoms. The molecule has 0 radical (unpaired) electrons. The first-order valence-corrected chi connectivity index (χ1v) is 5.63. The maximum atomic E-state index is 7.07. The van der Waals surface area contributed by atoms with E-state index in [-0.39, 0.29) is 5.84 Å². The summed E-state index contributed by atoms with van der Waals surface area (Å²) < 4.78 is 5.75. The Morgan fingerprint density at radius 1 is 1.50 bits per heavy atom. The summed E-state index contributed by atoms with van der Waals surface area (Å²) in [6.45, 7) is 3.06. The van der Waals surface area contributed by atoms with Crippen molar-refractivity contribution in [1.82, 2.24) is 0 Å². The maximum absolute atomic E-state index is 7.07. The first-order valence-electron chi connectivity index (χ1n) is 5.63. The molecule has 0 spiro atoms. The number of nitrogens with two attached hydrogens (primary N) is 1. The van der Waals surface area contributed by atoms with Crippen LogP contribution in [0.25, 0.3) is 0 Å². The number of hydrogen-bond acceptors (Lipinski definition) is 2. The van der Waals surface area contributed by atoms with Gasteiger partial charge in [-0.1, -0.05) is 19.8 Å². The molecular formula is C11H22N2O. The van der Waals surface area contributed by atoms with E-state index in [0.29, 0.717) is 12.5 Å². The van der Waals surface area contributed by atoms with E-state index in [0.717, 1.165) is 18.9 Å². The lowest BCUT2D eigenvalue weighted by atomic mass is 9.89. The summed E-state index contributed by atoms with van der Waals surface area (Å²) in [5.74, 6) is 1.09. The van der Waals surface area contributed by atoms with Gasteiger partial charge in [0.15, 0.2) is 0 Å². The normalized spacial score (nSPS) is 27.5. The summed E-state index contributed by atoms with van der Waals surface area (Å²) in [6.07, 6.45) is 7.10. The van der Waals surface area contributed by atoms with Gasteiger partial charge in [0, 0.05) is 13.0 Å². The number of nitrogens with one attached hydrogen (secondary N) is 1. The van der Waals surface area contributed by atoms with Crippen LogP contribution in [0.4, 0.5) is 0 Å². The van der Waals surface area contributed by atoms with E-state index in [1.165, 1.54) is 25.7 Å². The Morgan fingerprint density at radius 2 is 2.29 bits per heavy atom. The van der Waals surface area contributed by atoms with Crippen LogP contribution >= 0.6 is 0 Å². The summed E-state index contributed by atoms with van der Waals surface area (Å²) in [5, 5.41) is 7.07. The SMILES string of the molecule is CC1CCCC(OCCCC(=N)N)C1. The summed E-state index contributed by atoms with van der Waals surface area (Å²) >= 11 is 0. The summed E-state index contributed by atoms with van der Waals surface area (Å²) in [4.78, 5) is 0. The third-order valence-corrected chi connectivity index (χ3v) is 2.83. The fourth-order valence-corrected chi connectivity index (χ4v) is 2.04. The van der Waals surface area contributed by atoms with E-state index >= 15 is 0 Å². The second-order valence-electron chi connectivity index (χ2n) is 4.39. The molecule has 0 aromatic heterocycles. The Bertz CT molecular complexity index is 182. The minimum Gasteiger partial charge on any atom is -0.388 e. The lowest BCUT2D eigenvalue weighted by molar-refractivity contribution is 0.0151. The fourth-order valence-electron chi connectivity index (χ4n) is 2.04. The van der Waals surface area contributed by atoms with Crippen molar-refractivity contribution in [3.05, 3.63) is 0 Å². The predicted molar refractivity (Wildman–Crippen MR) is 58.5 cm³/mol. The Hall–Kier alpha value is -0.570. The van der Waals surface area contributed by atoms with Gasteiger partial charge in [-0.05, 0) is 25.2 Å². The quantitative estimate of drug-likeness (QED) is 0.404. The summed E-state index contributed by atoms with van der Waals surface area (Å²) in [6, 6.07) is 0. The summed E-state index contributed by atoms with van der Waals surface area (Å²) in [5.41, 5.74) is 5.26. The highest BCUT2D eigenvalue weighted by atomic mass is 16.5. The van der Waals surface area contributed by atoms with Crippen molar-refractivity contribution in [3.8, 4) is 0 Å². The molecule has 3 heteroatoms. The van der Waals surface area contributed by atoms with Crippen molar-refractivity contribution in [1.29, 1.82) is 5.41 Å². The highest BCUT2D eigenvalue weighted by Crippen LogP contribution is 2.25. The van der Waals surface area contributed by atoms with Gasteiger partial charge in [0.05, 0.1) is 11.9 Å². The lowest BCUT2D eigenvalue weighted by Crippen LogP contribution is -2.22. The topological polar surface area (TPSA) is 59.1 Å². The van der Waals surface area contributed by atoms with E-state index in [9.17, 15) is 0 Å². The Morgan fingerprint density at radius 3 is 2.93 bits per heavy atom. The molecule has 1 aliphatic carbocycles. The molecule has 1 saturated carbocycles. The molecule has 0 aliphatic heterocycles. The lowest BCUT2D eigenvalue weighted by Gasteiger charge is -2.26. The molecule has 0 bridgehead atoms. The van der Waals surface area contributed by atoms with Crippen LogP contribution in [0.5, 0.6) is 0 Å². The zero-order valence-corrected chi connectivity index (χ0v) is 9.09. The molecule has 1 aliphatic rings. The largest absolute Gasteiger partial charge is 0.388 e. The van der Waals surface area contributed by atoms with Crippen LogP contribution in [0.1, 0.15) is 45.4 Å². The third kappa shape index (κ3) is 4.61. The minimum absolute atomic E-state index is 0.269. The van der Waals surface area contributed by atoms with Crippen molar-refractivity contribution in [2.75, 3.05) is 6.61 Å². The number of rotatable bonds is 5. The van der Waals surface area contributed by atoms with Crippen LogP contribution < -0.4 is 5.73 Å². The van der Waals surface area contributed by atoms with E-state index in [2.05, 4.69) is 6.92 Å². The molecule has 0 aromatic rings. The van der Waals surface area contributed by atoms with Gasteiger partial charge in [0.2, 0.25) is 0 Å². The molecule has 0 aromatic carbocycles. The van der Waals surface area contributed by atoms with Gasteiger partial charge >= 0.3 is 0 Å². The van der Waals surface area contributed by atoms with Crippen LogP contribution in [0.2, 0.25) is 0 Å². The van der Waals surface area contributed by atoms with E-state index in [4.69, 9.17) is 15.9 Å². The number of ether oxygens (including phenoxy) is 1. The maximum Gasteiger partial charge on any atom is 0.0906 e. The zero-order chi connectivity index (χ0) is 10.4. The second-order valence-corrected chi connectivity index (χ2v) is 4.39. The first kappa shape index (κ1) is 11.5. The molecule has 3 N–H and O–H groups in total. The molecule has 2 atom stereocenters. The molecule has 82 valence electrons.